The van der Waals surface area contributed by atoms with Gasteiger partial charge in [0, 0.05) is 22.3 Å². The summed E-state index contributed by atoms with van der Waals surface area (Å²) in [7, 11) is 0. The molecule has 0 saturated carbocycles. The van der Waals surface area contributed by atoms with Gasteiger partial charge in [-0.3, -0.25) is 9.59 Å². The van der Waals surface area contributed by atoms with E-state index in [2.05, 4.69) is 60.8 Å². The van der Waals surface area contributed by atoms with Crippen LogP contribution < -0.4 is 9.47 Å². The molecule has 0 heterocycles. The highest BCUT2D eigenvalue weighted by molar-refractivity contribution is 6.08. The Morgan fingerprint density at radius 3 is 1.43 bits per heavy atom. The molecular formula is C52H64O8. The minimum atomic E-state index is -0.241. The quantitative estimate of drug-likeness (QED) is 0.0394. The van der Waals surface area contributed by atoms with Crippen molar-refractivity contribution in [3.63, 3.8) is 0 Å². The van der Waals surface area contributed by atoms with Crippen molar-refractivity contribution in [1.82, 2.24) is 0 Å². The maximum Gasteiger partial charge on any atom is 0.185 e. The molecule has 0 aliphatic heterocycles. The van der Waals surface area contributed by atoms with E-state index < -0.39 is 0 Å². The van der Waals surface area contributed by atoms with Crippen molar-refractivity contribution in [3.05, 3.63) is 143 Å². The average Bonchev–Trinajstić information content (AvgIpc) is 3.23. The number of allylic oxidation sites excluding steroid dienone is 4. The van der Waals surface area contributed by atoms with E-state index in [1.165, 1.54) is 36.4 Å². The lowest BCUT2D eigenvalue weighted by molar-refractivity contribution is 0.103. The Balaban J connectivity index is 0.000000323. The largest absolute Gasteiger partial charge is 0.508 e. The Kier molecular flexibility index (Phi) is 18.0. The van der Waals surface area contributed by atoms with Crippen molar-refractivity contribution in [2.24, 2.45) is 0 Å². The summed E-state index contributed by atoms with van der Waals surface area (Å²) in [5, 5.41) is 41.0. The molecule has 4 aromatic rings. The minimum absolute atomic E-state index is 0.0774. The number of phenolic OH excluding ortho intramolecular Hbond substituents is 4. The molecule has 8 nitrogen and oxygen atoms in total. The molecule has 320 valence electrons. The highest BCUT2D eigenvalue weighted by atomic mass is 16.5. The minimum Gasteiger partial charge on any atom is -0.508 e. The van der Waals surface area contributed by atoms with E-state index in [4.69, 9.17) is 9.47 Å². The predicted octanol–water partition coefficient (Wildman–Crippen LogP) is 12.4. The van der Waals surface area contributed by atoms with Gasteiger partial charge in [-0.2, -0.15) is 0 Å². The fourth-order valence-electron chi connectivity index (χ4n) is 6.30. The third kappa shape index (κ3) is 12.5. The highest BCUT2D eigenvalue weighted by Crippen LogP contribution is 2.47. The fraction of sp³-hybridized carbons (Fsp3) is 0.346. The van der Waals surface area contributed by atoms with Crippen LogP contribution in [0.3, 0.4) is 0 Å². The number of carbonyl (C=O) groups excluding carboxylic acids is 2. The average molecular weight is 817 g/mol. The summed E-state index contributed by atoms with van der Waals surface area (Å²) < 4.78 is 12.1. The molecule has 4 N–H and O–H groups in total. The molecule has 0 radical (unpaired) electrons. The van der Waals surface area contributed by atoms with Gasteiger partial charge in [-0.05, 0) is 145 Å². The molecule has 0 fully saturated rings. The van der Waals surface area contributed by atoms with E-state index in [-0.39, 0.29) is 45.4 Å². The molecule has 0 aliphatic carbocycles. The van der Waals surface area contributed by atoms with Gasteiger partial charge in [0.05, 0.1) is 24.3 Å². The number of phenols is 4. The maximum absolute atomic E-state index is 12.8. The van der Waals surface area contributed by atoms with Crippen molar-refractivity contribution >= 4 is 23.7 Å². The van der Waals surface area contributed by atoms with Gasteiger partial charge >= 0.3 is 0 Å². The molecule has 0 amide bonds. The predicted molar refractivity (Wildman–Crippen MR) is 245 cm³/mol. The van der Waals surface area contributed by atoms with Crippen LogP contribution in [0.5, 0.6) is 34.5 Å². The summed E-state index contributed by atoms with van der Waals surface area (Å²) in [5.41, 5.74) is 5.03. The van der Waals surface area contributed by atoms with E-state index in [0.717, 1.165) is 42.4 Å². The molecule has 8 heteroatoms. The van der Waals surface area contributed by atoms with Crippen LogP contribution in [0.2, 0.25) is 0 Å². The van der Waals surface area contributed by atoms with E-state index in [1.54, 1.807) is 48.6 Å². The Bertz CT molecular complexity index is 2150. The molecule has 0 aliphatic rings. The zero-order valence-electron chi connectivity index (χ0n) is 36.7. The Morgan fingerprint density at radius 2 is 1.00 bits per heavy atom. The lowest BCUT2D eigenvalue weighted by Crippen LogP contribution is -2.22. The van der Waals surface area contributed by atoms with Crippen LogP contribution in [0.1, 0.15) is 135 Å². The lowest BCUT2D eigenvalue weighted by Gasteiger charge is -2.32. The van der Waals surface area contributed by atoms with Gasteiger partial charge in [0.1, 0.15) is 34.5 Å². The van der Waals surface area contributed by atoms with Gasteiger partial charge in [0.2, 0.25) is 0 Å². The SMILES string of the molecule is C=CCc1cc(CC=C)c(OCCC)c(/C=C/C(=O)c2ccc(O)cc2)c1O.CCCOc1c(C(C)(C)CC)cc(C(C)(C)CC)c(O)c1/C=C/C(=O)c1ccc(O)cc1. The van der Waals surface area contributed by atoms with Crippen LogP contribution in [0.4, 0.5) is 0 Å². The number of hydrogen-bond donors (Lipinski definition) is 4. The molecule has 0 atom stereocenters. The molecule has 0 unspecified atom stereocenters. The lowest BCUT2D eigenvalue weighted by atomic mass is 9.74. The van der Waals surface area contributed by atoms with Crippen LogP contribution in [0, 0.1) is 0 Å². The van der Waals surface area contributed by atoms with Crippen LogP contribution in [0.15, 0.2) is 98.1 Å². The Hall–Kier alpha value is -6.02. The third-order valence-corrected chi connectivity index (χ3v) is 10.7. The van der Waals surface area contributed by atoms with E-state index >= 15 is 0 Å². The van der Waals surface area contributed by atoms with Gasteiger partial charge < -0.3 is 29.9 Å². The Labute approximate surface area is 357 Å². The first-order valence-corrected chi connectivity index (χ1v) is 20.8. The van der Waals surface area contributed by atoms with Gasteiger partial charge in [0.15, 0.2) is 11.6 Å². The monoisotopic (exact) mass is 816 g/mol. The summed E-state index contributed by atoms with van der Waals surface area (Å²) in [4.78, 5) is 25.2. The smallest absolute Gasteiger partial charge is 0.185 e. The highest BCUT2D eigenvalue weighted by Gasteiger charge is 2.32. The third-order valence-electron chi connectivity index (χ3n) is 10.7. The Morgan fingerprint density at radius 1 is 0.583 bits per heavy atom. The molecule has 60 heavy (non-hydrogen) atoms. The number of hydrogen-bond acceptors (Lipinski definition) is 8. The van der Waals surface area contributed by atoms with Crippen molar-refractivity contribution in [2.75, 3.05) is 13.2 Å². The molecule has 4 aromatic carbocycles. The van der Waals surface area contributed by atoms with Crippen molar-refractivity contribution in [2.45, 2.75) is 105 Å². The number of benzene rings is 4. The first-order chi connectivity index (χ1) is 28.5. The van der Waals surface area contributed by atoms with Crippen molar-refractivity contribution < 1.29 is 39.5 Å². The van der Waals surface area contributed by atoms with E-state index in [9.17, 15) is 30.0 Å². The first-order valence-electron chi connectivity index (χ1n) is 20.8. The number of ketones is 2. The standard InChI is InChI=1S/C28H38O4.C24H26O4/c1-8-17-32-26-21(15-16-24(30)19-11-13-20(29)14-12-19)25(31)22(27(4,5)9-2)18-23(26)28(6,7)10-3;1-4-7-18-16-19(8-5-2)24(28-15-6-3)21(23(18)27)13-14-22(26)17-9-11-20(25)12-10-17/h11-16,18,29,31H,8-10,17H2,1-7H3;4-5,9-14,16,25,27H,1-2,6-8,15H2,3H3/b16-15+;14-13+. The molecule has 0 bridgehead atoms. The van der Waals surface area contributed by atoms with E-state index in [1.807, 2.05) is 19.9 Å². The number of ether oxygens (including phenoxy) is 2. The molecule has 4 rings (SSSR count). The second-order valence-electron chi connectivity index (χ2n) is 16.0. The summed E-state index contributed by atoms with van der Waals surface area (Å²) in [5.74, 6) is 1.20. The normalized spacial score (nSPS) is 11.6. The first kappa shape index (κ1) is 48.3. The van der Waals surface area contributed by atoms with Crippen LogP contribution >= 0.6 is 0 Å². The second kappa shape index (κ2) is 22.4. The van der Waals surface area contributed by atoms with Crippen LogP contribution in [-0.4, -0.2) is 45.2 Å². The summed E-state index contributed by atoms with van der Waals surface area (Å²) >= 11 is 0. The molecule has 0 aromatic heterocycles. The number of rotatable bonds is 20. The van der Waals surface area contributed by atoms with Gasteiger partial charge in [-0.25, -0.2) is 0 Å². The molecular weight excluding hydrogens is 753 g/mol. The van der Waals surface area contributed by atoms with Crippen LogP contribution in [-0.2, 0) is 23.7 Å². The van der Waals surface area contributed by atoms with Gasteiger partial charge in [-0.1, -0.05) is 67.5 Å². The second-order valence-corrected chi connectivity index (χ2v) is 16.0. The summed E-state index contributed by atoms with van der Waals surface area (Å²) in [6, 6.07) is 16.1. The van der Waals surface area contributed by atoms with E-state index in [0.29, 0.717) is 65.4 Å². The maximum atomic E-state index is 12.8. The molecule has 0 spiro atoms. The van der Waals surface area contributed by atoms with Crippen LogP contribution in [0.25, 0.3) is 12.2 Å². The summed E-state index contributed by atoms with van der Waals surface area (Å²) in [6.07, 6.45) is 14.1. The number of aromatic hydroxyl groups is 4. The fourth-order valence-corrected chi connectivity index (χ4v) is 6.30. The van der Waals surface area contributed by atoms with Gasteiger partial charge in [0.25, 0.3) is 0 Å². The summed E-state index contributed by atoms with van der Waals surface area (Å²) in [6.45, 7) is 25.4. The van der Waals surface area contributed by atoms with Crippen molar-refractivity contribution in [1.29, 1.82) is 0 Å². The van der Waals surface area contributed by atoms with Gasteiger partial charge in [-0.15, -0.1) is 13.2 Å². The zero-order valence-corrected chi connectivity index (χ0v) is 36.7. The molecule has 0 saturated heterocycles. The topological polar surface area (TPSA) is 134 Å². The van der Waals surface area contributed by atoms with Crippen molar-refractivity contribution in [3.8, 4) is 34.5 Å². The zero-order chi connectivity index (χ0) is 44.6. The number of carbonyl (C=O) groups is 2.